The molecule has 0 amide bonds. The number of hydrogen-bond donors (Lipinski definition) is 0. The topological polar surface area (TPSA) is 0 Å². The molecule has 1 heteroatoms. The number of hydrogen-bond acceptors (Lipinski definition) is 0. The van der Waals surface area contributed by atoms with E-state index < -0.39 is 0 Å². The molecule has 0 aliphatic rings. The Labute approximate surface area is 42.0 Å². The minimum atomic E-state index is 0. The Balaban J connectivity index is 0. The van der Waals surface area contributed by atoms with Crippen LogP contribution in [0.5, 0.6) is 0 Å². The first-order valence-electron chi connectivity index (χ1n) is 1.08. The first kappa shape index (κ1) is 8.97. The van der Waals surface area contributed by atoms with Gasteiger partial charge < -0.3 is 0 Å². The van der Waals surface area contributed by atoms with Crippen LogP contribution in [0.4, 0.5) is 0 Å². The first-order valence-corrected chi connectivity index (χ1v) is 2.21. The van der Waals surface area contributed by atoms with E-state index in [1.54, 1.807) is 6.08 Å². The van der Waals surface area contributed by atoms with Crippen molar-refractivity contribution in [3.8, 4) is 0 Å². The van der Waals surface area contributed by atoms with Crippen molar-refractivity contribution < 1.29 is 0 Å². The second kappa shape index (κ2) is 8.88. The van der Waals surface area contributed by atoms with Crippen LogP contribution in [-0.2, 0) is 0 Å². The smallest absolute Gasteiger partial charge is 0.0209 e. The van der Waals surface area contributed by atoms with Crippen LogP contribution in [0.2, 0.25) is 0 Å². The third-order valence-corrected chi connectivity index (χ3v) is 0.567. The van der Waals surface area contributed by atoms with Crippen LogP contribution in [0.15, 0.2) is 12.7 Å². The van der Waals surface area contributed by atoms with Gasteiger partial charge in [0.2, 0.25) is 0 Å². The zero-order valence-corrected chi connectivity index (χ0v) is 3.96. The number of alkyl halides is 1. The molecule has 0 aromatic heterocycles. The van der Waals surface area contributed by atoms with Crippen molar-refractivity contribution in [3.05, 3.63) is 12.7 Å². The molecule has 0 saturated heterocycles. The molecule has 0 aliphatic heterocycles. The quantitative estimate of drug-likeness (QED) is 0.384. The molecule has 0 saturated carbocycles. The van der Waals surface area contributed by atoms with Gasteiger partial charge in [-0.15, -0.1) is 6.58 Å². The summed E-state index contributed by atoms with van der Waals surface area (Å²) in [6.45, 7) is 3.43. The monoisotopic (exact) mass is 136 g/mol. The molecule has 5 heavy (non-hydrogen) atoms. The van der Waals surface area contributed by atoms with E-state index in [4.69, 9.17) is 0 Å². The van der Waals surface area contributed by atoms with Crippen LogP contribution in [-0.4, -0.2) is 5.33 Å². The minimum Gasteiger partial charge on any atom is -0.102 e. The third-order valence-electron chi connectivity index (χ3n) is 0.109. The van der Waals surface area contributed by atoms with Crippen molar-refractivity contribution in [1.82, 2.24) is 0 Å². The molecule has 0 heterocycles. The summed E-state index contributed by atoms with van der Waals surface area (Å²) in [5.74, 6) is 0. The van der Waals surface area contributed by atoms with Crippen LogP contribution in [0.3, 0.4) is 0 Å². The van der Waals surface area contributed by atoms with E-state index in [1.807, 2.05) is 0 Å². The molecule has 32 valence electrons. The Kier molecular flexibility index (Phi) is 15.9. The maximum atomic E-state index is 3.43. The highest BCUT2D eigenvalue weighted by Crippen LogP contribution is 1.73. The van der Waals surface area contributed by atoms with Gasteiger partial charge >= 0.3 is 0 Å². The lowest BCUT2D eigenvalue weighted by Crippen LogP contribution is -1.43. The summed E-state index contributed by atoms with van der Waals surface area (Å²) in [5, 5.41) is 0.896. The second-order valence-corrected chi connectivity index (χ2v) is 1.09. The normalized spacial score (nSPS) is 5.00. The largest absolute Gasteiger partial charge is 0.102 e. The summed E-state index contributed by atoms with van der Waals surface area (Å²) in [6, 6.07) is 0. The highest BCUT2D eigenvalue weighted by atomic mass is 79.9. The van der Waals surface area contributed by atoms with Gasteiger partial charge in [0.1, 0.15) is 0 Å². The molecule has 0 aromatic carbocycles. The van der Waals surface area contributed by atoms with E-state index in [0.29, 0.717) is 0 Å². The molecular formula is C4H9Br. The maximum Gasteiger partial charge on any atom is 0.0209 e. The molecule has 0 aliphatic carbocycles. The number of allylic oxidation sites excluding steroid dienone is 1. The van der Waals surface area contributed by atoms with E-state index in [9.17, 15) is 0 Å². The van der Waals surface area contributed by atoms with Gasteiger partial charge in [0.05, 0.1) is 0 Å². The maximum absolute atomic E-state index is 3.43. The second-order valence-electron chi connectivity index (χ2n) is 0.443. The fourth-order valence-electron chi connectivity index (χ4n) is 0. The summed E-state index contributed by atoms with van der Waals surface area (Å²) >= 11 is 3.13. The standard InChI is InChI=1S/C3H5Br.CH4/c1-2-3-4;/h2H,1,3H2;1H4. The Morgan fingerprint density at radius 1 is 1.80 bits per heavy atom. The molecule has 0 fully saturated rings. The summed E-state index contributed by atoms with van der Waals surface area (Å²) in [6.07, 6.45) is 1.79. The summed E-state index contributed by atoms with van der Waals surface area (Å²) < 4.78 is 0. The van der Waals surface area contributed by atoms with Crippen LogP contribution in [0, 0.1) is 0 Å². The molecule has 0 radical (unpaired) electrons. The van der Waals surface area contributed by atoms with Crippen LogP contribution < -0.4 is 0 Å². The van der Waals surface area contributed by atoms with E-state index >= 15 is 0 Å². The van der Waals surface area contributed by atoms with Gasteiger partial charge in [-0.2, -0.15) is 0 Å². The van der Waals surface area contributed by atoms with Gasteiger partial charge in [-0.25, -0.2) is 0 Å². The lowest BCUT2D eigenvalue weighted by atomic mass is 10.8. The lowest BCUT2D eigenvalue weighted by Gasteiger charge is -1.55. The van der Waals surface area contributed by atoms with E-state index in [1.165, 1.54) is 0 Å². The molecule has 0 unspecified atom stereocenters. The van der Waals surface area contributed by atoms with Gasteiger partial charge in [0.15, 0.2) is 0 Å². The Bertz CT molecular complexity index is 17.6. The lowest BCUT2D eigenvalue weighted by molar-refractivity contribution is 1.87. The molecular weight excluding hydrogens is 128 g/mol. The Morgan fingerprint density at radius 3 is 2.00 bits per heavy atom. The van der Waals surface area contributed by atoms with Gasteiger partial charge in [-0.05, 0) is 0 Å². The first-order chi connectivity index (χ1) is 1.91. The van der Waals surface area contributed by atoms with E-state index in [0.717, 1.165) is 5.33 Å². The summed E-state index contributed by atoms with van der Waals surface area (Å²) in [7, 11) is 0. The molecule has 0 spiro atoms. The molecule has 0 nitrogen and oxygen atoms in total. The third kappa shape index (κ3) is 14.0. The van der Waals surface area contributed by atoms with Crippen molar-refractivity contribution in [2.45, 2.75) is 7.43 Å². The zero-order chi connectivity index (χ0) is 3.41. The van der Waals surface area contributed by atoms with Crippen LogP contribution >= 0.6 is 15.9 Å². The summed E-state index contributed by atoms with van der Waals surface area (Å²) in [5.41, 5.74) is 0. The van der Waals surface area contributed by atoms with Crippen LogP contribution in [0.1, 0.15) is 7.43 Å². The fraction of sp³-hybridized carbons (Fsp3) is 0.500. The SMILES string of the molecule is C.C=CCBr. The molecule has 0 atom stereocenters. The van der Waals surface area contributed by atoms with Gasteiger partial charge in [0.25, 0.3) is 0 Å². The number of halogens is 1. The van der Waals surface area contributed by atoms with Crippen LogP contribution in [0.25, 0.3) is 0 Å². The van der Waals surface area contributed by atoms with Crippen molar-refractivity contribution in [2.75, 3.05) is 5.33 Å². The van der Waals surface area contributed by atoms with Gasteiger partial charge in [-0.1, -0.05) is 29.4 Å². The molecule has 0 aromatic rings. The fourth-order valence-corrected chi connectivity index (χ4v) is 0. The Hall–Kier alpha value is 0.220. The molecule has 0 N–H and O–H groups in total. The van der Waals surface area contributed by atoms with Crippen molar-refractivity contribution in [2.24, 2.45) is 0 Å². The van der Waals surface area contributed by atoms with E-state index in [-0.39, 0.29) is 7.43 Å². The zero-order valence-electron chi connectivity index (χ0n) is 2.37. The molecule has 0 rings (SSSR count). The summed E-state index contributed by atoms with van der Waals surface area (Å²) in [4.78, 5) is 0. The van der Waals surface area contributed by atoms with Gasteiger partial charge in [0, 0.05) is 5.33 Å². The number of rotatable bonds is 1. The Morgan fingerprint density at radius 2 is 2.00 bits per heavy atom. The van der Waals surface area contributed by atoms with Crippen molar-refractivity contribution in [1.29, 1.82) is 0 Å². The van der Waals surface area contributed by atoms with Crippen molar-refractivity contribution >= 4 is 15.9 Å². The molecule has 0 bridgehead atoms. The van der Waals surface area contributed by atoms with E-state index in [2.05, 4.69) is 22.5 Å². The average molecular weight is 137 g/mol. The highest BCUT2D eigenvalue weighted by molar-refractivity contribution is 9.09. The predicted molar refractivity (Wildman–Crippen MR) is 30.7 cm³/mol. The average Bonchev–Trinajstić information content (AvgIpc) is 1.37. The van der Waals surface area contributed by atoms with Gasteiger partial charge in [-0.3, -0.25) is 0 Å². The van der Waals surface area contributed by atoms with Crippen molar-refractivity contribution in [3.63, 3.8) is 0 Å². The highest BCUT2D eigenvalue weighted by Gasteiger charge is 1.47. The predicted octanol–water partition coefficient (Wildman–Crippen LogP) is 2.20. The minimum absolute atomic E-state index is 0.